The SMILES string of the molecule is CC1(C)OB(c2cccnc2C2CNC2)OC1(C)C. The molecule has 0 atom stereocenters. The van der Waals surface area contributed by atoms with Crippen molar-refractivity contribution in [1.29, 1.82) is 0 Å². The molecule has 2 aliphatic rings. The molecule has 2 fully saturated rings. The van der Waals surface area contributed by atoms with Gasteiger partial charge in [-0.25, -0.2) is 0 Å². The minimum absolute atomic E-state index is 0.303. The van der Waals surface area contributed by atoms with Gasteiger partial charge in [0.15, 0.2) is 0 Å². The smallest absolute Gasteiger partial charge is 0.399 e. The third-order valence-electron chi connectivity index (χ3n) is 4.55. The number of nitrogens with one attached hydrogen (secondary N) is 1. The Balaban J connectivity index is 1.91. The third-order valence-corrected chi connectivity index (χ3v) is 4.55. The quantitative estimate of drug-likeness (QED) is 0.808. The summed E-state index contributed by atoms with van der Waals surface area (Å²) >= 11 is 0. The van der Waals surface area contributed by atoms with Crippen molar-refractivity contribution < 1.29 is 9.31 Å². The summed E-state index contributed by atoms with van der Waals surface area (Å²) in [6, 6.07) is 4.03. The lowest BCUT2D eigenvalue weighted by atomic mass is 9.74. The average Bonchev–Trinajstić information content (AvgIpc) is 2.46. The van der Waals surface area contributed by atoms with E-state index in [1.807, 2.05) is 12.3 Å². The van der Waals surface area contributed by atoms with E-state index in [1.54, 1.807) is 0 Å². The molecule has 0 bridgehead atoms. The summed E-state index contributed by atoms with van der Waals surface area (Å²) in [5.74, 6) is 0.482. The largest absolute Gasteiger partial charge is 0.496 e. The molecule has 2 aliphatic heterocycles. The van der Waals surface area contributed by atoms with Crippen molar-refractivity contribution in [3.63, 3.8) is 0 Å². The highest BCUT2D eigenvalue weighted by atomic mass is 16.7. The number of nitrogens with zero attached hydrogens (tertiary/aromatic N) is 1. The van der Waals surface area contributed by atoms with Crippen LogP contribution in [-0.4, -0.2) is 36.4 Å². The normalized spacial score (nSPS) is 25.4. The summed E-state index contributed by atoms with van der Waals surface area (Å²) in [5.41, 5.74) is 1.58. The molecule has 1 aromatic rings. The molecule has 19 heavy (non-hydrogen) atoms. The number of rotatable bonds is 2. The fourth-order valence-electron chi connectivity index (χ4n) is 2.42. The first-order valence-electron chi connectivity index (χ1n) is 6.92. The second-order valence-corrected chi connectivity index (χ2v) is 6.42. The molecule has 2 saturated heterocycles. The highest BCUT2D eigenvalue weighted by Gasteiger charge is 2.52. The first kappa shape index (κ1) is 13.1. The van der Waals surface area contributed by atoms with Crippen LogP contribution in [0.15, 0.2) is 18.3 Å². The Morgan fingerprint density at radius 2 is 1.84 bits per heavy atom. The zero-order chi connectivity index (χ0) is 13.7. The number of hydrogen-bond donors (Lipinski definition) is 1. The maximum Gasteiger partial charge on any atom is 0.496 e. The fourth-order valence-corrected chi connectivity index (χ4v) is 2.42. The van der Waals surface area contributed by atoms with Crippen LogP contribution in [0.1, 0.15) is 39.3 Å². The molecule has 0 aliphatic carbocycles. The van der Waals surface area contributed by atoms with Gasteiger partial charge >= 0.3 is 7.12 Å². The Bertz CT molecular complexity index is 470. The zero-order valence-corrected chi connectivity index (χ0v) is 12.1. The lowest BCUT2D eigenvalue weighted by Gasteiger charge is -2.32. The first-order valence-corrected chi connectivity index (χ1v) is 6.92. The van der Waals surface area contributed by atoms with Gasteiger partial charge in [-0.1, -0.05) is 6.07 Å². The summed E-state index contributed by atoms with van der Waals surface area (Å²) in [6.07, 6.45) is 1.85. The van der Waals surface area contributed by atoms with Gasteiger partial charge in [0, 0.05) is 36.4 Å². The maximum atomic E-state index is 6.13. The number of aromatic nitrogens is 1. The first-order chi connectivity index (χ1) is 8.91. The summed E-state index contributed by atoms with van der Waals surface area (Å²) in [5, 5.41) is 3.29. The van der Waals surface area contributed by atoms with Crippen molar-refractivity contribution in [3.05, 3.63) is 24.0 Å². The summed E-state index contributed by atoms with van der Waals surface area (Å²) < 4.78 is 12.3. The van der Waals surface area contributed by atoms with Crippen LogP contribution in [0.25, 0.3) is 0 Å². The van der Waals surface area contributed by atoms with Crippen molar-refractivity contribution in [2.24, 2.45) is 0 Å². The molecule has 0 radical (unpaired) electrons. The van der Waals surface area contributed by atoms with E-state index < -0.39 is 0 Å². The summed E-state index contributed by atoms with van der Waals surface area (Å²) in [6.45, 7) is 10.3. The minimum Gasteiger partial charge on any atom is -0.399 e. The monoisotopic (exact) mass is 260 g/mol. The molecule has 4 nitrogen and oxygen atoms in total. The minimum atomic E-state index is -0.311. The summed E-state index contributed by atoms with van der Waals surface area (Å²) in [7, 11) is -0.311. The van der Waals surface area contributed by atoms with Gasteiger partial charge in [0.1, 0.15) is 0 Å². The zero-order valence-electron chi connectivity index (χ0n) is 12.1. The summed E-state index contributed by atoms with van der Waals surface area (Å²) in [4.78, 5) is 4.54. The second-order valence-electron chi connectivity index (χ2n) is 6.42. The molecule has 0 spiro atoms. The van der Waals surface area contributed by atoms with Crippen LogP contribution in [0, 0.1) is 0 Å². The molecule has 0 aromatic carbocycles. The molecule has 1 aromatic heterocycles. The second kappa shape index (κ2) is 4.30. The van der Waals surface area contributed by atoms with Crippen LogP contribution < -0.4 is 10.8 Å². The third kappa shape index (κ3) is 2.10. The molecule has 5 heteroatoms. The van der Waals surface area contributed by atoms with Crippen LogP contribution in [0.3, 0.4) is 0 Å². The van der Waals surface area contributed by atoms with Gasteiger partial charge < -0.3 is 14.6 Å². The predicted octanol–water partition coefficient (Wildman–Crippen LogP) is 1.07. The highest BCUT2D eigenvalue weighted by Crippen LogP contribution is 2.37. The maximum absolute atomic E-state index is 6.13. The number of hydrogen-bond acceptors (Lipinski definition) is 4. The van der Waals surface area contributed by atoms with Gasteiger partial charge in [-0.05, 0) is 33.8 Å². The van der Waals surface area contributed by atoms with E-state index in [0.717, 1.165) is 24.2 Å². The topological polar surface area (TPSA) is 43.4 Å². The van der Waals surface area contributed by atoms with E-state index >= 15 is 0 Å². The fraction of sp³-hybridized carbons (Fsp3) is 0.643. The van der Waals surface area contributed by atoms with Crippen molar-refractivity contribution in [2.45, 2.75) is 44.8 Å². The van der Waals surface area contributed by atoms with Crippen molar-refractivity contribution in [2.75, 3.05) is 13.1 Å². The van der Waals surface area contributed by atoms with Crippen molar-refractivity contribution >= 4 is 12.6 Å². The Hall–Kier alpha value is -0.905. The Morgan fingerprint density at radius 3 is 2.37 bits per heavy atom. The van der Waals surface area contributed by atoms with Gasteiger partial charge in [0.2, 0.25) is 0 Å². The average molecular weight is 260 g/mol. The molecular weight excluding hydrogens is 239 g/mol. The van der Waals surface area contributed by atoms with Crippen molar-refractivity contribution in [3.8, 4) is 0 Å². The van der Waals surface area contributed by atoms with Gasteiger partial charge in [0.25, 0.3) is 0 Å². The highest BCUT2D eigenvalue weighted by molar-refractivity contribution is 6.62. The lowest BCUT2D eigenvalue weighted by Crippen LogP contribution is -2.46. The van der Waals surface area contributed by atoms with Crippen LogP contribution in [0.4, 0.5) is 0 Å². The van der Waals surface area contributed by atoms with Crippen LogP contribution in [0.5, 0.6) is 0 Å². The van der Waals surface area contributed by atoms with Gasteiger partial charge in [0.05, 0.1) is 11.2 Å². The van der Waals surface area contributed by atoms with E-state index in [-0.39, 0.29) is 18.3 Å². The van der Waals surface area contributed by atoms with E-state index in [4.69, 9.17) is 9.31 Å². The van der Waals surface area contributed by atoms with Crippen LogP contribution in [0.2, 0.25) is 0 Å². The molecule has 1 N–H and O–H groups in total. The van der Waals surface area contributed by atoms with Gasteiger partial charge in [-0.2, -0.15) is 0 Å². The lowest BCUT2D eigenvalue weighted by molar-refractivity contribution is 0.00578. The molecule has 3 heterocycles. The Morgan fingerprint density at radius 1 is 1.21 bits per heavy atom. The Labute approximate surface area is 115 Å². The predicted molar refractivity (Wildman–Crippen MR) is 75.6 cm³/mol. The standard InChI is InChI=1S/C14H21BN2O2/c1-13(2)14(3,4)19-15(18-13)11-6-5-7-17-12(11)10-8-16-9-10/h5-7,10,16H,8-9H2,1-4H3. The van der Waals surface area contributed by atoms with Crippen molar-refractivity contribution in [1.82, 2.24) is 10.3 Å². The van der Waals surface area contributed by atoms with Crippen LogP contribution in [-0.2, 0) is 9.31 Å². The van der Waals surface area contributed by atoms with E-state index in [1.165, 1.54) is 0 Å². The Kier molecular flexibility index (Phi) is 2.96. The van der Waals surface area contributed by atoms with E-state index in [0.29, 0.717) is 5.92 Å². The molecule has 102 valence electrons. The molecular formula is C14H21BN2O2. The van der Waals surface area contributed by atoms with E-state index in [2.05, 4.69) is 44.1 Å². The molecule has 0 saturated carbocycles. The molecule has 0 unspecified atom stereocenters. The van der Waals surface area contributed by atoms with Gasteiger partial charge in [-0.15, -0.1) is 0 Å². The van der Waals surface area contributed by atoms with Crippen LogP contribution >= 0.6 is 0 Å². The number of pyridine rings is 1. The van der Waals surface area contributed by atoms with Gasteiger partial charge in [-0.3, -0.25) is 4.98 Å². The molecule has 0 amide bonds. The van der Waals surface area contributed by atoms with E-state index in [9.17, 15) is 0 Å². The molecule has 3 rings (SSSR count).